The molecule has 2 amide bonds. The van der Waals surface area contributed by atoms with Gasteiger partial charge in [0.05, 0.1) is 6.04 Å². The van der Waals surface area contributed by atoms with Crippen molar-refractivity contribution in [1.29, 1.82) is 0 Å². The predicted molar refractivity (Wildman–Crippen MR) is 97.5 cm³/mol. The van der Waals surface area contributed by atoms with Crippen molar-refractivity contribution in [2.75, 3.05) is 36.6 Å². The number of fused-ring (bicyclic) bond motifs is 1. The molecule has 2 aromatic rings. The molecule has 1 atom stereocenters. The fourth-order valence-electron chi connectivity index (χ4n) is 2.88. The zero-order valence-electron chi connectivity index (χ0n) is 13.1. The van der Waals surface area contributed by atoms with E-state index < -0.39 is 0 Å². The van der Waals surface area contributed by atoms with Gasteiger partial charge in [0.15, 0.2) is 11.5 Å². The summed E-state index contributed by atoms with van der Waals surface area (Å²) in [6.07, 6.45) is 0. The highest BCUT2D eigenvalue weighted by Crippen LogP contribution is 2.35. The van der Waals surface area contributed by atoms with Crippen molar-refractivity contribution in [2.24, 2.45) is 0 Å². The molecule has 0 radical (unpaired) electrons. The van der Waals surface area contributed by atoms with Crippen molar-refractivity contribution < 1.29 is 14.3 Å². The number of amides is 2. The molecule has 1 fully saturated rings. The van der Waals surface area contributed by atoms with Crippen LogP contribution < -0.4 is 14.8 Å². The SMILES string of the molecule is O=C(Nc1ccc2c(c1)OCCO2)N1CCSC[C@@H]1c1cccs1. The number of nitrogens with one attached hydrogen (secondary N) is 1. The standard InChI is InChI=1S/C17H18N2O3S2/c20-17(18-12-3-4-14-15(10-12)22-7-6-21-14)19-5-9-23-11-13(19)16-2-1-8-24-16/h1-4,8,10,13H,5-7,9,11H2,(H,18,20)/t13-/m1/s1. The van der Waals surface area contributed by atoms with Gasteiger partial charge in [-0.15, -0.1) is 11.3 Å². The van der Waals surface area contributed by atoms with Crippen molar-refractivity contribution in [3.63, 3.8) is 0 Å². The third kappa shape index (κ3) is 3.18. The number of thiophene rings is 1. The summed E-state index contributed by atoms with van der Waals surface area (Å²) in [5.74, 6) is 3.32. The highest BCUT2D eigenvalue weighted by atomic mass is 32.2. The van der Waals surface area contributed by atoms with E-state index in [0.29, 0.717) is 19.0 Å². The number of urea groups is 1. The lowest BCUT2D eigenvalue weighted by Crippen LogP contribution is -2.42. The minimum atomic E-state index is -0.0645. The second-order valence-electron chi connectivity index (χ2n) is 5.59. The number of ether oxygens (including phenoxy) is 2. The summed E-state index contributed by atoms with van der Waals surface area (Å²) >= 11 is 3.60. The van der Waals surface area contributed by atoms with E-state index in [1.54, 1.807) is 11.3 Å². The molecule has 0 spiro atoms. The molecule has 3 heterocycles. The van der Waals surface area contributed by atoms with Crippen LogP contribution in [-0.2, 0) is 0 Å². The molecule has 2 aliphatic heterocycles. The van der Waals surface area contributed by atoms with Gasteiger partial charge in [0.25, 0.3) is 0 Å². The van der Waals surface area contributed by atoms with E-state index in [1.807, 2.05) is 40.9 Å². The number of rotatable bonds is 2. The first kappa shape index (κ1) is 15.7. The second-order valence-corrected chi connectivity index (χ2v) is 7.72. The van der Waals surface area contributed by atoms with Crippen LogP contribution in [-0.4, -0.2) is 42.2 Å². The van der Waals surface area contributed by atoms with Gasteiger partial charge in [-0.3, -0.25) is 0 Å². The van der Waals surface area contributed by atoms with Crippen LogP contribution in [0.5, 0.6) is 11.5 Å². The number of hydrogen-bond donors (Lipinski definition) is 1. The van der Waals surface area contributed by atoms with Crippen LogP contribution in [0.4, 0.5) is 10.5 Å². The van der Waals surface area contributed by atoms with Crippen molar-refractivity contribution in [1.82, 2.24) is 4.90 Å². The summed E-state index contributed by atoms with van der Waals surface area (Å²) in [5.41, 5.74) is 0.729. The largest absolute Gasteiger partial charge is 0.486 e. The van der Waals surface area contributed by atoms with Crippen LogP contribution >= 0.6 is 23.1 Å². The minimum absolute atomic E-state index is 0.0645. The number of benzene rings is 1. The van der Waals surface area contributed by atoms with Gasteiger partial charge in [-0.05, 0) is 23.6 Å². The van der Waals surface area contributed by atoms with E-state index in [9.17, 15) is 4.79 Å². The lowest BCUT2D eigenvalue weighted by atomic mass is 10.2. The summed E-state index contributed by atoms with van der Waals surface area (Å²) in [7, 11) is 0. The lowest BCUT2D eigenvalue weighted by molar-refractivity contribution is 0.171. The second kappa shape index (κ2) is 6.94. The molecular weight excluding hydrogens is 344 g/mol. The molecule has 7 heteroatoms. The lowest BCUT2D eigenvalue weighted by Gasteiger charge is -2.34. The van der Waals surface area contributed by atoms with Crippen LogP contribution in [0.1, 0.15) is 10.9 Å². The molecule has 0 saturated carbocycles. The number of nitrogens with zero attached hydrogens (tertiary/aromatic N) is 1. The first-order valence-electron chi connectivity index (χ1n) is 7.90. The van der Waals surface area contributed by atoms with E-state index in [1.165, 1.54) is 4.88 Å². The van der Waals surface area contributed by atoms with Gasteiger partial charge in [0.1, 0.15) is 13.2 Å². The average Bonchev–Trinajstić information content (AvgIpc) is 3.16. The quantitative estimate of drug-likeness (QED) is 0.882. The van der Waals surface area contributed by atoms with E-state index >= 15 is 0 Å². The van der Waals surface area contributed by atoms with Gasteiger partial charge in [-0.1, -0.05) is 6.07 Å². The smallest absolute Gasteiger partial charge is 0.322 e. The Bertz CT molecular complexity index is 721. The maximum absolute atomic E-state index is 12.8. The van der Waals surface area contributed by atoms with Crippen LogP contribution in [0, 0.1) is 0 Å². The van der Waals surface area contributed by atoms with Gasteiger partial charge in [0, 0.05) is 34.7 Å². The highest BCUT2D eigenvalue weighted by Gasteiger charge is 2.29. The molecule has 0 bridgehead atoms. The minimum Gasteiger partial charge on any atom is -0.486 e. The Labute approximate surface area is 148 Å². The fourth-order valence-corrected chi connectivity index (χ4v) is 4.90. The molecule has 0 unspecified atom stereocenters. The highest BCUT2D eigenvalue weighted by molar-refractivity contribution is 7.99. The molecule has 4 rings (SSSR count). The van der Waals surface area contributed by atoms with E-state index in [0.717, 1.165) is 29.5 Å². The summed E-state index contributed by atoms with van der Waals surface area (Å²) < 4.78 is 11.1. The van der Waals surface area contributed by atoms with Crippen molar-refractivity contribution in [2.45, 2.75) is 6.04 Å². The van der Waals surface area contributed by atoms with E-state index in [4.69, 9.17) is 9.47 Å². The monoisotopic (exact) mass is 362 g/mol. The van der Waals surface area contributed by atoms with E-state index in [-0.39, 0.29) is 12.1 Å². The summed E-state index contributed by atoms with van der Waals surface area (Å²) in [4.78, 5) is 15.9. The Hall–Kier alpha value is -1.86. The fraction of sp³-hybridized carbons (Fsp3) is 0.353. The molecule has 1 aromatic heterocycles. The van der Waals surface area contributed by atoms with Gasteiger partial charge in [0.2, 0.25) is 0 Å². The Balaban J connectivity index is 1.50. The molecule has 0 aliphatic carbocycles. The van der Waals surface area contributed by atoms with Crippen molar-refractivity contribution in [3.05, 3.63) is 40.6 Å². The number of anilines is 1. The van der Waals surface area contributed by atoms with E-state index in [2.05, 4.69) is 16.8 Å². The third-order valence-corrected chi connectivity index (χ3v) is 6.05. The summed E-state index contributed by atoms with van der Waals surface area (Å²) in [6, 6.07) is 9.73. The van der Waals surface area contributed by atoms with Crippen LogP contribution in [0.25, 0.3) is 0 Å². The van der Waals surface area contributed by atoms with Gasteiger partial charge in [-0.25, -0.2) is 4.79 Å². The zero-order valence-corrected chi connectivity index (χ0v) is 14.7. The van der Waals surface area contributed by atoms with Gasteiger partial charge < -0.3 is 19.7 Å². The molecule has 126 valence electrons. The van der Waals surface area contributed by atoms with Crippen LogP contribution in [0.2, 0.25) is 0 Å². The molecule has 1 saturated heterocycles. The first-order chi connectivity index (χ1) is 11.8. The number of carbonyl (C=O) groups excluding carboxylic acids is 1. The topological polar surface area (TPSA) is 50.8 Å². The Morgan fingerprint density at radius 1 is 1.21 bits per heavy atom. The number of hydrogen-bond acceptors (Lipinski definition) is 5. The Kier molecular flexibility index (Phi) is 4.53. The molecule has 1 N–H and O–H groups in total. The zero-order chi connectivity index (χ0) is 16.4. The maximum Gasteiger partial charge on any atom is 0.322 e. The first-order valence-corrected chi connectivity index (χ1v) is 9.93. The van der Waals surface area contributed by atoms with Crippen molar-refractivity contribution >= 4 is 34.8 Å². The molecular formula is C17H18N2O3S2. The molecule has 5 nitrogen and oxygen atoms in total. The predicted octanol–water partition coefficient (Wildman–Crippen LogP) is 3.84. The number of carbonyl (C=O) groups is 1. The summed E-state index contributed by atoms with van der Waals surface area (Å²) in [6.45, 7) is 1.85. The Morgan fingerprint density at radius 3 is 2.92 bits per heavy atom. The summed E-state index contributed by atoms with van der Waals surface area (Å²) in [5, 5.41) is 5.06. The molecule has 24 heavy (non-hydrogen) atoms. The average molecular weight is 362 g/mol. The molecule has 1 aromatic carbocycles. The number of thioether (sulfide) groups is 1. The van der Waals surface area contributed by atoms with Gasteiger partial charge >= 0.3 is 6.03 Å². The molecule has 2 aliphatic rings. The van der Waals surface area contributed by atoms with Gasteiger partial charge in [-0.2, -0.15) is 11.8 Å². The normalized spacial score (nSPS) is 19.8. The maximum atomic E-state index is 12.8. The van der Waals surface area contributed by atoms with Crippen molar-refractivity contribution in [3.8, 4) is 11.5 Å². The Morgan fingerprint density at radius 2 is 2.08 bits per heavy atom. The van der Waals surface area contributed by atoms with Crippen LogP contribution in [0.3, 0.4) is 0 Å². The third-order valence-electron chi connectivity index (χ3n) is 4.05. The van der Waals surface area contributed by atoms with Crippen LogP contribution in [0.15, 0.2) is 35.7 Å².